The third-order valence-electron chi connectivity index (χ3n) is 3.11. The van der Waals surface area contributed by atoms with Crippen LogP contribution in [0.5, 0.6) is 0 Å². The molecule has 0 spiro atoms. The molecule has 4 nitrogen and oxygen atoms in total. The average Bonchev–Trinajstić information content (AvgIpc) is 2.49. The van der Waals surface area contributed by atoms with Crippen molar-refractivity contribution >= 4 is 5.91 Å². The minimum atomic E-state index is -0.752. The van der Waals surface area contributed by atoms with Crippen LogP contribution in [-0.2, 0) is 4.79 Å². The minimum absolute atomic E-state index is 0.0173. The number of carbonyl (C=O) groups excluding carboxylic acids is 1. The Hall–Kier alpha value is -2.17. The number of benzene rings is 2. The minimum Gasteiger partial charge on any atom is -0.386 e. The van der Waals surface area contributed by atoms with Crippen LogP contribution in [-0.4, -0.2) is 17.6 Å². The quantitative estimate of drug-likeness (QED) is 0.745. The summed E-state index contributed by atoms with van der Waals surface area (Å²) >= 11 is 0. The van der Waals surface area contributed by atoms with Gasteiger partial charge in [0, 0.05) is 0 Å². The summed E-state index contributed by atoms with van der Waals surface area (Å²) < 4.78 is 0. The van der Waals surface area contributed by atoms with Gasteiger partial charge in [0.25, 0.3) is 0 Å². The first-order chi connectivity index (χ1) is 9.68. The molecule has 0 saturated carbocycles. The van der Waals surface area contributed by atoms with Crippen molar-refractivity contribution < 1.29 is 9.90 Å². The average molecular weight is 270 g/mol. The van der Waals surface area contributed by atoms with Crippen molar-refractivity contribution in [3.8, 4) is 0 Å². The smallest absolute Gasteiger partial charge is 0.231 e. The summed E-state index contributed by atoms with van der Waals surface area (Å²) in [6, 6.07) is 18.5. The van der Waals surface area contributed by atoms with E-state index in [9.17, 15) is 9.90 Å². The second-order valence-electron chi connectivity index (χ2n) is 4.59. The lowest BCUT2D eigenvalue weighted by molar-refractivity contribution is -0.117. The first-order valence-corrected chi connectivity index (χ1v) is 6.48. The molecular weight excluding hydrogens is 252 g/mol. The molecule has 4 heteroatoms. The molecule has 0 aromatic heterocycles. The van der Waals surface area contributed by atoms with Crippen molar-refractivity contribution in [1.82, 2.24) is 5.32 Å². The highest BCUT2D eigenvalue weighted by atomic mass is 16.3. The molecule has 1 amide bonds. The first kappa shape index (κ1) is 14.2. The fraction of sp³-hybridized carbons (Fsp3) is 0.188. The summed E-state index contributed by atoms with van der Waals surface area (Å²) in [6.07, 6.45) is -0.752. The topological polar surface area (TPSA) is 75.4 Å². The Morgan fingerprint density at radius 3 is 2.00 bits per heavy atom. The van der Waals surface area contributed by atoms with Gasteiger partial charge in [0.2, 0.25) is 5.91 Å². The normalized spacial score (nSPS) is 13.7. The summed E-state index contributed by atoms with van der Waals surface area (Å²) in [4.78, 5) is 11.0. The largest absolute Gasteiger partial charge is 0.386 e. The van der Waals surface area contributed by atoms with Crippen molar-refractivity contribution in [3.63, 3.8) is 0 Å². The van der Waals surface area contributed by atoms with Crippen molar-refractivity contribution in [2.45, 2.75) is 12.1 Å². The lowest BCUT2D eigenvalue weighted by atomic mass is 9.96. The van der Waals surface area contributed by atoms with E-state index in [1.165, 1.54) is 0 Å². The van der Waals surface area contributed by atoms with Gasteiger partial charge in [0.05, 0.1) is 18.7 Å². The molecule has 0 saturated heterocycles. The Labute approximate surface area is 118 Å². The number of primary amides is 1. The number of hydrogen-bond donors (Lipinski definition) is 3. The Bertz CT molecular complexity index is 543. The van der Waals surface area contributed by atoms with Gasteiger partial charge in [-0.05, 0) is 11.1 Å². The molecule has 4 N–H and O–H groups in total. The molecule has 2 aromatic rings. The Morgan fingerprint density at radius 2 is 1.50 bits per heavy atom. The highest BCUT2D eigenvalue weighted by Gasteiger charge is 2.22. The molecule has 2 unspecified atom stereocenters. The van der Waals surface area contributed by atoms with Gasteiger partial charge in [0.1, 0.15) is 0 Å². The van der Waals surface area contributed by atoms with E-state index in [-0.39, 0.29) is 12.6 Å². The molecule has 20 heavy (non-hydrogen) atoms. The fourth-order valence-corrected chi connectivity index (χ4v) is 2.13. The van der Waals surface area contributed by atoms with Gasteiger partial charge in [-0.15, -0.1) is 0 Å². The second-order valence-corrected chi connectivity index (χ2v) is 4.59. The predicted octanol–water partition coefficient (Wildman–Crippen LogP) is 1.54. The van der Waals surface area contributed by atoms with Crippen LogP contribution in [0.4, 0.5) is 0 Å². The third kappa shape index (κ3) is 3.66. The fourth-order valence-electron chi connectivity index (χ4n) is 2.13. The maximum absolute atomic E-state index is 11.0. The van der Waals surface area contributed by atoms with E-state index < -0.39 is 12.0 Å². The molecule has 0 aliphatic heterocycles. The monoisotopic (exact) mass is 270 g/mol. The molecule has 2 atom stereocenters. The summed E-state index contributed by atoms with van der Waals surface area (Å²) in [5, 5.41) is 13.5. The van der Waals surface area contributed by atoms with Crippen molar-refractivity contribution in [3.05, 3.63) is 71.8 Å². The third-order valence-corrected chi connectivity index (χ3v) is 3.11. The van der Waals surface area contributed by atoms with Crippen LogP contribution in [0.25, 0.3) is 0 Å². The number of carbonyl (C=O) groups is 1. The van der Waals surface area contributed by atoms with Gasteiger partial charge in [-0.2, -0.15) is 0 Å². The van der Waals surface area contributed by atoms with E-state index in [0.29, 0.717) is 0 Å². The summed E-state index contributed by atoms with van der Waals surface area (Å²) in [6.45, 7) is 0.0173. The number of aliphatic hydroxyl groups excluding tert-OH is 1. The van der Waals surface area contributed by atoms with Gasteiger partial charge >= 0.3 is 0 Å². The molecule has 0 heterocycles. The zero-order chi connectivity index (χ0) is 14.4. The van der Waals surface area contributed by atoms with Gasteiger partial charge in [-0.1, -0.05) is 60.7 Å². The maximum Gasteiger partial charge on any atom is 0.231 e. The van der Waals surface area contributed by atoms with E-state index in [0.717, 1.165) is 11.1 Å². The molecule has 0 fully saturated rings. The van der Waals surface area contributed by atoms with E-state index in [1.54, 1.807) is 0 Å². The zero-order valence-corrected chi connectivity index (χ0v) is 11.1. The number of nitrogens with two attached hydrogens (primary N) is 1. The Kier molecular flexibility index (Phi) is 4.87. The van der Waals surface area contributed by atoms with E-state index >= 15 is 0 Å². The molecule has 0 bridgehead atoms. The van der Waals surface area contributed by atoms with Crippen molar-refractivity contribution in [1.29, 1.82) is 0 Å². The molecule has 0 radical (unpaired) electrons. The lowest BCUT2D eigenvalue weighted by Crippen LogP contribution is -2.34. The van der Waals surface area contributed by atoms with Gasteiger partial charge in [-0.3, -0.25) is 10.1 Å². The van der Waals surface area contributed by atoms with E-state index in [2.05, 4.69) is 5.32 Å². The number of rotatable bonds is 6. The maximum atomic E-state index is 11.0. The van der Waals surface area contributed by atoms with E-state index in [1.807, 2.05) is 60.7 Å². The van der Waals surface area contributed by atoms with Crippen LogP contribution >= 0.6 is 0 Å². The predicted molar refractivity (Wildman–Crippen MR) is 77.8 cm³/mol. The summed E-state index contributed by atoms with van der Waals surface area (Å²) in [5.41, 5.74) is 6.87. The SMILES string of the molecule is NC(=O)CNC(c1ccccc1)C(O)c1ccccc1. The lowest BCUT2D eigenvalue weighted by Gasteiger charge is -2.24. The van der Waals surface area contributed by atoms with Gasteiger partial charge < -0.3 is 10.8 Å². The number of hydrogen-bond acceptors (Lipinski definition) is 3. The second kappa shape index (κ2) is 6.84. The Balaban J connectivity index is 2.24. The molecule has 2 rings (SSSR count). The molecule has 2 aromatic carbocycles. The van der Waals surface area contributed by atoms with Crippen molar-refractivity contribution in [2.24, 2.45) is 5.73 Å². The molecular formula is C16H18N2O2. The Morgan fingerprint density at radius 1 is 1.00 bits per heavy atom. The van der Waals surface area contributed by atoms with Crippen LogP contribution in [0.1, 0.15) is 23.3 Å². The number of aliphatic hydroxyl groups is 1. The first-order valence-electron chi connectivity index (χ1n) is 6.48. The van der Waals surface area contributed by atoms with Crippen LogP contribution in [0.15, 0.2) is 60.7 Å². The van der Waals surface area contributed by atoms with Crippen LogP contribution < -0.4 is 11.1 Å². The standard InChI is InChI=1S/C16H18N2O2/c17-14(19)11-18-15(12-7-3-1-4-8-12)16(20)13-9-5-2-6-10-13/h1-10,15-16,18,20H,11H2,(H2,17,19). The summed E-state index contributed by atoms with van der Waals surface area (Å²) in [7, 11) is 0. The zero-order valence-electron chi connectivity index (χ0n) is 11.1. The highest BCUT2D eigenvalue weighted by Crippen LogP contribution is 2.28. The van der Waals surface area contributed by atoms with Crippen LogP contribution in [0.3, 0.4) is 0 Å². The summed E-state index contributed by atoms with van der Waals surface area (Å²) in [5.74, 6) is -0.453. The molecule has 0 aliphatic carbocycles. The van der Waals surface area contributed by atoms with Crippen molar-refractivity contribution in [2.75, 3.05) is 6.54 Å². The van der Waals surface area contributed by atoms with Gasteiger partial charge in [0.15, 0.2) is 0 Å². The van der Waals surface area contributed by atoms with E-state index in [4.69, 9.17) is 5.73 Å². The highest BCUT2D eigenvalue weighted by molar-refractivity contribution is 5.75. The molecule has 104 valence electrons. The number of amides is 1. The van der Waals surface area contributed by atoms with Crippen LogP contribution in [0.2, 0.25) is 0 Å². The van der Waals surface area contributed by atoms with Gasteiger partial charge in [-0.25, -0.2) is 0 Å². The van der Waals surface area contributed by atoms with Crippen LogP contribution in [0, 0.1) is 0 Å². The molecule has 0 aliphatic rings. The number of nitrogens with one attached hydrogen (secondary N) is 1.